The number of aromatic nitrogens is 1. The Morgan fingerprint density at radius 1 is 0.719 bits per heavy atom. The quantitative estimate of drug-likeness (QED) is 0.435. The third-order valence-corrected chi connectivity index (χ3v) is 4.49. The van der Waals surface area contributed by atoms with Crippen molar-refractivity contribution in [3.63, 3.8) is 0 Å². The van der Waals surface area contributed by atoms with Crippen LogP contribution in [0.5, 0.6) is 11.5 Å². The van der Waals surface area contributed by atoms with Crippen molar-refractivity contribution in [2.24, 2.45) is 0 Å². The molecule has 0 aromatic carbocycles. The van der Waals surface area contributed by atoms with Crippen LogP contribution in [0.2, 0.25) is 0 Å². The number of ether oxygens (including phenoxy) is 4. The van der Waals surface area contributed by atoms with E-state index in [1.807, 2.05) is 27.7 Å². The molecule has 0 N–H and O–H groups in total. The third kappa shape index (κ3) is 6.45. The molecule has 0 unspecified atom stereocenters. The molecule has 0 spiro atoms. The molecule has 2 rings (SSSR count). The van der Waals surface area contributed by atoms with Crippen molar-refractivity contribution in [2.45, 2.75) is 85.6 Å². The minimum Gasteiger partial charge on any atom is -0.425 e. The standard InChI is InChI=1S/C23H31NO8/c1-5-9-17(25)29-15-13-24-14-16(30-18(26)10-6-2)23(32-20(28)12-8-4)21(24)22(15)31-19(27)11-7-3/h13H,5-12,14H2,1-4H3. The molecule has 1 aromatic rings. The molecular formula is C23H31NO8. The van der Waals surface area contributed by atoms with E-state index in [1.165, 1.54) is 6.20 Å². The number of esters is 4. The van der Waals surface area contributed by atoms with Gasteiger partial charge >= 0.3 is 23.9 Å². The molecule has 0 bridgehead atoms. The smallest absolute Gasteiger partial charge is 0.311 e. The topological polar surface area (TPSA) is 110 Å². The van der Waals surface area contributed by atoms with Crippen LogP contribution in [0.3, 0.4) is 0 Å². The van der Waals surface area contributed by atoms with E-state index in [-0.39, 0.29) is 60.9 Å². The van der Waals surface area contributed by atoms with Gasteiger partial charge in [-0.1, -0.05) is 27.7 Å². The van der Waals surface area contributed by atoms with E-state index in [0.717, 1.165) is 0 Å². The van der Waals surface area contributed by atoms with Gasteiger partial charge < -0.3 is 23.5 Å². The lowest BCUT2D eigenvalue weighted by molar-refractivity contribution is -0.141. The highest BCUT2D eigenvalue weighted by Crippen LogP contribution is 2.44. The van der Waals surface area contributed by atoms with Gasteiger partial charge in [0, 0.05) is 25.7 Å². The first kappa shape index (κ1) is 25.2. The summed E-state index contributed by atoms with van der Waals surface area (Å²) < 4.78 is 23.5. The second-order valence-electron chi connectivity index (χ2n) is 7.45. The summed E-state index contributed by atoms with van der Waals surface area (Å²) in [5.41, 5.74) is 0.220. The second-order valence-corrected chi connectivity index (χ2v) is 7.45. The van der Waals surface area contributed by atoms with Crippen molar-refractivity contribution in [3.05, 3.63) is 17.6 Å². The van der Waals surface area contributed by atoms with Crippen molar-refractivity contribution in [1.82, 2.24) is 4.57 Å². The maximum absolute atomic E-state index is 12.3. The number of fused-ring (bicyclic) bond motifs is 1. The number of carbonyl (C=O) groups is 4. The highest BCUT2D eigenvalue weighted by molar-refractivity contribution is 5.86. The molecule has 9 heteroatoms. The van der Waals surface area contributed by atoms with Gasteiger partial charge in [-0.05, 0) is 25.7 Å². The molecule has 32 heavy (non-hydrogen) atoms. The fraction of sp³-hybridized carbons (Fsp3) is 0.565. The Kier molecular flexibility index (Phi) is 9.49. The molecule has 0 saturated heterocycles. The normalized spacial score (nSPS) is 12.4. The van der Waals surface area contributed by atoms with Gasteiger partial charge in [0.15, 0.2) is 17.3 Å². The zero-order valence-electron chi connectivity index (χ0n) is 19.2. The Morgan fingerprint density at radius 2 is 1.19 bits per heavy atom. The van der Waals surface area contributed by atoms with Gasteiger partial charge in [0.25, 0.3) is 0 Å². The average molecular weight is 450 g/mol. The lowest BCUT2D eigenvalue weighted by Crippen LogP contribution is -2.12. The molecule has 1 aliphatic heterocycles. The summed E-state index contributed by atoms with van der Waals surface area (Å²) in [6.45, 7) is 7.41. The molecule has 0 saturated carbocycles. The van der Waals surface area contributed by atoms with Crippen LogP contribution in [0, 0.1) is 0 Å². The van der Waals surface area contributed by atoms with Gasteiger partial charge in [0.1, 0.15) is 5.69 Å². The van der Waals surface area contributed by atoms with Gasteiger partial charge in [-0.15, -0.1) is 0 Å². The SMILES string of the molecule is CCCC(=O)OC1=C(OC(=O)CCC)c2c(OC(=O)CCC)c(OC(=O)CCC)cn2C1. The van der Waals surface area contributed by atoms with Crippen LogP contribution in [0.1, 0.15) is 84.8 Å². The highest BCUT2D eigenvalue weighted by Gasteiger charge is 2.36. The molecule has 9 nitrogen and oxygen atoms in total. The molecule has 176 valence electrons. The predicted molar refractivity (Wildman–Crippen MR) is 114 cm³/mol. The fourth-order valence-corrected chi connectivity index (χ4v) is 3.09. The summed E-state index contributed by atoms with van der Waals surface area (Å²) in [4.78, 5) is 48.7. The lowest BCUT2D eigenvalue weighted by Gasteiger charge is -2.12. The zero-order chi connectivity index (χ0) is 23.7. The summed E-state index contributed by atoms with van der Waals surface area (Å²) in [5, 5.41) is 0. The lowest BCUT2D eigenvalue weighted by atomic mass is 10.3. The Balaban J connectivity index is 2.51. The fourth-order valence-electron chi connectivity index (χ4n) is 3.09. The van der Waals surface area contributed by atoms with E-state index in [4.69, 9.17) is 18.9 Å². The third-order valence-electron chi connectivity index (χ3n) is 4.49. The largest absolute Gasteiger partial charge is 0.425 e. The number of hydrogen-bond acceptors (Lipinski definition) is 8. The summed E-state index contributed by atoms with van der Waals surface area (Å²) >= 11 is 0. The van der Waals surface area contributed by atoms with Gasteiger partial charge in [0.2, 0.25) is 5.75 Å². The number of hydrogen-bond donors (Lipinski definition) is 0. The first-order valence-electron chi connectivity index (χ1n) is 11.1. The van der Waals surface area contributed by atoms with E-state index in [2.05, 4.69) is 0 Å². The number of allylic oxidation sites excluding steroid dienone is 1. The zero-order valence-corrected chi connectivity index (χ0v) is 19.2. The molecule has 0 atom stereocenters. The van der Waals surface area contributed by atoms with Gasteiger partial charge in [-0.25, -0.2) is 0 Å². The molecule has 2 heterocycles. The number of nitrogens with zero attached hydrogens (tertiary/aromatic N) is 1. The van der Waals surface area contributed by atoms with Crippen LogP contribution < -0.4 is 9.47 Å². The summed E-state index contributed by atoms with van der Waals surface area (Å²) in [7, 11) is 0. The van der Waals surface area contributed by atoms with Crippen molar-refractivity contribution in [3.8, 4) is 11.5 Å². The first-order chi connectivity index (χ1) is 15.3. The van der Waals surface area contributed by atoms with Crippen molar-refractivity contribution >= 4 is 29.6 Å². The van der Waals surface area contributed by atoms with E-state index in [1.54, 1.807) is 4.57 Å². The molecule has 1 aliphatic rings. The molecule has 0 amide bonds. The minimum atomic E-state index is -0.523. The Labute approximate surface area is 187 Å². The molecular weight excluding hydrogens is 418 g/mol. The van der Waals surface area contributed by atoms with Crippen LogP contribution in [-0.2, 0) is 35.2 Å². The van der Waals surface area contributed by atoms with Crippen LogP contribution in [0.25, 0.3) is 5.76 Å². The Bertz CT molecular complexity index is 896. The van der Waals surface area contributed by atoms with Crippen molar-refractivity contribution < 1.29 is 38.1 Å². The van der Waals surface area contributed by atoms with E-state index in [0.29, 0.717) is 25.7 Å². The number of rotatable bonds is 12. The number of carbonyl (C=O) groups excluding carboxylic acids is 4. The summed E-state index contributed by atoms with van der Waals surface area (Å²) in [6, 6.07) is 0. The van der Waals surface area contributed by atoms with Crippen molar-refractivity contribution in [1.29, 1.82) is 0 Å². The maximum atomic E-state index is 12.3. The van der Waals surface area contributed by atoms with Crippen LogP contribution in [0.4, 0.5) is 0 Å². The molecule has 1 aromatic heterocycles. The monoisotopic (exact) mass is 449 g/mol. The molecule has 0 fully saturated rings. The second kappa shape index (κ2) is 12.1. The first-order valence-corrected chi connectivity index (χ1v) is 11.1. The minimum absolute atomic E-state index is 0.00927. The van der Waals surface area contributed by atoms with Gasteiger partial charge in [-0.3, -0.25) is 19.2 Å². The maximum Gasteiger partial charge on any atom is 0.311 e. The highest BCUT2D eigenvalue weighted by atomic mass is 16.6. The van der Waals surface area contributed by atoms with Gasteiger partial charge in [-0.2, -0.15) is 0 Å². The van der Waals surface area contributed by atoms with E-state index >= 15 is 0 Å². The van der Waals surface area contributed by atoms with E-state index < -0.39 is 23.9 Å². The Hall–Kier alpha value is -3.10. The van der Waals surface area contributed by atoms with Crippen molar-refractivity contribution in [2.75, 3.05) is 0 Å². The molecule has 0 aliphatic carbocycles. The Morgan fingerprint density at radius 3 is 1.72 bits per heavy atom. The average Bonchev–Trinajstić information content (AvgIpc) is 3.19. The predicted octanol–water partition coefficient (Wildman–Crippen LogP) is 4.27. The summed E-state index contributed by atoms with van der Waals surface area (Å²) in [6.07, 6.45) is 4.50. The molecule has 0 radical (unpaired) electrons. The van der Waals surface area contributed by atoms with E-state index in [9.17, 15) is 19.2 Å². The van der Waals surface area contributed by atoms with Crippen LogP contribution in [-0.4, -0.2) is 28.4 Å². The van der Waals surface area contributed by atoms with Gasteiger partial charge in [0.05, 0.1) is 12.7 Å². The van der Waals surface area contributed by atoms with Crippen LogP contribution in [0.15, 0.2) is 12.0 Å². The summed E-state index contributed by atoms with van der Waals surface area (Å²) in [5.74, 6) is -1.84. The van der Waals surface area contributed by atoms with Crippen LogP contribution >= 0.6 is 0 Å².